The van der Waals surface area contributed by atoms with Gasteiger partial charge in [-0.25, -0.2) is 4.79 Å². The number of aliphatic hydroxyl groups is 1. The van der Waals surface area contributed by atoms with Crippen molar-refractivity contribution in [3.63, 3.8) is 0 Å². The highest BCUT2D eigenvalue weighted by Crippen LogP contribution is 2.39. The van der Waals surface area contributed by atoms with Crippen molar-refractivity contribution in [1.82, 2.24) is 5.32 Å². The predicted octanol–water partition coefficient (Wildman–Crippen LogP) is 2.54. The second-order valence-electron chi connectivity index (χ2n) is 7.98. The zero-order chi connectivity index (χ0) is 23.3. The van der Waals surface area contributed by atoms with E-state index in [4.69, 9.17) is 14.2 Å². The van der Waals surface area contributed by atoms with Gasteiger partial charge in [0.25, 0.3) is 5.91 Å². The third kappa shape index (κ3) is 5.03. The first-order valence-corrected chi connectivity index (χ1v) is 10.4. The largest absolute Gasteiger partial charge is 0.496 e. The molecule has 0 saturated carbocycles. The Balaban J connectivity index is 1.80. The third-order valence-corrected chi connectivity index (χ3v) is 5.73. The smallest absolute Gasteiger partial charge is 0.326 e. The van der Waals surface area contributed by atoms with Crippen molar-refractivity contribution >= 4 is 11.9 Å². The first kappa shape index (κ1) is 23.6. The van der Waals surface area contributed by atoms with Crippen molar-refractivity contribution in [1.29, 1.82) is 0 Å². The molecule has 0 aromatic heterocycles. The van der Waals surface area contributed by atoms with Gasteiger partial charge in [-0.15, -0.1) is 0 Å². The molecule has 1 saturated heterocycles. The van der Waals surface area contributed by atoms with Crippen LogP contribution >= 0.6 is 0 Å². The average molecular weight is 443 g/mol. The maximum Gasteiger partial charge on any atom is 0.326 e. The lowest BCUT2D eigenvalue weighted by Gasteiger charge is -2.24. The molecule has 0 radical (unpaired) electrons. The summed E-state index contributed by atoms with van der Waals surface area (Å²) < 4.78 is 16.5. The Morgan fingerprint density at radius 1 is 1.12 bits per heavy atom. The van der Waals surface area contributed by atoms with Crippen LogP contribution in [0.15, 0.2) is 36.4 Å². The fourth-order valence-corrected chi connectivity index (χ4v) is 3.85. The summed E-state index contributed by atoms with van der Waals surface area (Å²) in [7, 11) is 3.09. The molecule has 0 aliphatic carbocycles. The lowest BCUT2D eigenvalue weighted by Crippen LogP contribution is -2.51. The second kappa shape index (κ2) is 10.0. The van der Waals surface area contributed by atoms with Crippen LogP contribution in [-0.4, -0.2) is 54.6 Å². The number of hydrogen-bond donors (Lipinski definition) is 3. The number of nitrogens with one attached hydrogen (secondary N) is 1. The monoisotopic (exact) mass is 443 g/mol. The molecule has 2 aromatic carbocycles. The Hall–Kier alpha value is -3.10. The van der Waals surface area contributed by atoms with E-state index in [1.165, 1.54) is 0 Å². The quantitative estimate of drug-likeness (QED) is 0.546. The zero-order valence-electron chi connectivity index (χ0n) is 18.5. The highest BCUT2D eigenvalue weighted by Gasteiger charge is 2.39. The molecule has 0 bridgehead atoms. The van der Waals surface area contributed by atoms with Gasteiger partial charge in [-0.05, 0) is 48.6 Å². The summed E-state index contributed by atoms with van der Waals surface area (Å²) in [5, 5.41) is 21.7. The normalized spacial score (nSPS) is 18.8. The SMILES string of the molecule is COc1cc(CO)cc(OC)c1-c1ccc(C[C@H](NC(=O)[C@@]2(C)CCCO2)C(=O)O)cc1. The van der Waals surface area contributed by atoms with Crippen LogP contribution in [0.4, 0.5) is 0 Å². The Bertz CT molecular complexity index is 940. The summed E-state index contributed by atoms with van der Waals surface area (Å²) in [4.78, 5) is 24.3. The summed E-state index contributed by atoms with van der Waals surface area (Å²) in [6.07, 6.45) is 1.48. The standard InChI is InChI=1S/C24H29NO7/c1-24(9-4-10-32-24)23(29)25-18(22(27)28)11-15-5-7-17(8-6-15)21-19(30-2)12-16(14-26)13-20(21)31-3/h5-8,12-13,18,26H,4,9-11,14H2,1-3H3,(H,25,29)(H,27,28)/t18-,24+/m0/s1. The molecule has 172 valence electrons. The minimum atomic E-state index is -1.10. The Morgan fingerprint density at radius 2 is 1.75 bits per heavy atom. The highest BCUT2D eigenvalue weighted by molar-refractivity contribution is 5.89. The Kier molecular flexibility index (Phi) is 7.37. The van der Waals surface area contributed by atoms with Crippen LogP contribution in [0, 0.1) is 0 Å². The maximum atomic E-state index is 12.6. The number of benzene rings is 2. The van der Waals surface area contributed by atoms with Crippen LogP contribution in [0.5, 0.6) is 11.5 Å². The van der Waals surface area contributed by atoms with Crippen LogP contribution in [-0.2, 0) is 27.4 Å². The van der Waals surface area contributed by atoms with Crippen LogP contribution in [0.25, 0.3) is 11.1 Å². The van der Waals surface area contributed by atoms with Crippen molar-refractivity contribution in [2.45, 2.75) is 44.4 Å². The second-order valence-corrected chi connectivity index (χ2v) is 7.98. The summed E-state index contributed by atoms with van der Waals surface area (Å²) in [6, 6.07) is 9.73. The van der Waals surface area contributed by atoms with Gasteiger partial charge in [-0.3, -0.25) is 4.79 Å². The number of aliphatic carboxylic acids is 1. The van der Waals surface area contributed by atoms with Gasteiger partial charge in [-0.2, -0.15) is 0 Å². The predicted molar refractivity (Wildman–Crippen MR) is 118 cm³/mol. The topological polar surface area (TPSA) is 114 Å². The van der Waals surface area contributed by atoms with E-state index in [1.807, 2.05) is 24.3 Å². The molecular weight excluding hydrogens is 414 g/mol. The van der Waals surface area contributed by atoms with Crippen LogP contribution in [0.2, 0.25) is 0 Å². The molecule has 1 fully saturated rings. The molecule has 8 heteroatoms. The molecule has 1 amide bonds. The molecule has 1 aliphatic heterocycles. The molecule has 8 nitrogen and oxygen atoms in total. The molecular formula is C24H29NO7. The van der Waals surface area contributed by atoms with E-state index >= 15 is 0 Å². The number of carboxylic acids is 1. The number of ether oxygens (including phenoxy) is 3. The van der Waals surface area contributed by atoms with E-state index in [2.05, 4.69) is 5.32 Å². The number of hydrogen-bond acceptors (Lipinski definition) is 6. The first-order chi connectivity index (χ1) is 15.3. The molecule has 2 atom stereocenters. The summed E-state index contributed by atoms with van der Waals surface area (Å²) in [5.41, 5.74) is 1.98. The first-order valence-electron chi connectivity index (χ1n) is 10.4. The van der Waals surface area contributed by atoms with Crippen LogP contribution in [0.3, 0.4) is 0 Å². The van der Waals surface area contributed by atoms with E-state index in [0.717, 1.165) is 23.1 Å². The lowest BCUT2D eigenvalue weighted by atomic mass is 9.97. The molecule has 0 spiro atoms. The van der Waals surface area contributed by atoms with Gasteiger partial charge in [-0.1, -0.05) is 24.3 Å². The minimum Gasteiger partial charge on any atom is -0.496 e. The van der Waals surface area contributed by atoms with E-state index < -0.39 is 23.5 Å². The number of rotatable bonds is 9. The van der Waals surface area contributed by atoms with E-state index in [9.17, 15) is 19.8 Å². The number of carboxylic acid groups (broad SMARTS) is 1. The van der Waals surface area contributed by atoms with Crippen molar-refractivity contribution < 1.29 is 34.0 Å². The van der Waals surface area contributed by atoms with Crippen LogP contribution in [0.1, 0.15) is 30.9 Å². The third-order valence-electron chi connectivity index (χ3n) is 5.73. The number of methoxy groups -OCH3 is 2. The van der Waals surface area contributed by atoms with Gasteiger partial charge in [0.15, 0.2) is 0 Å². The molecule has 1 heterocycles. The van der Waals surface area contributed by atoms with E-state index in [0.29, 0.717) is 30.1 Å². The number of amides is 1. The summed E-state index contributed by atoms with van der Waals surface area (Å²) in [5.74, 6) is -0.396. The van der Waals surface area contributed by atoms with Crippen molar-refractivity contribution in [3.05, 3.63) is 47.5 Å². The Morgan fingerprint density at radius 3 is 2.22 bits per heavy atom. The van der Waals surface area contributed by atoms with Gasteiger partial charge in [0, 0.05) is 13.0 Å². The minimum absolute atomic E-state index is 0.134. The molecule has 3 rings (SSSR count). The number of aliphatic hydroxyl groups excluding tert-OH is 1. The summed E-state index contributed by atoms with van der Waals surface area (Å²) in [6.45, 7) is 2.04. The fourth-order valence-electron chi connectivity index (χ4n) is 3.85. The van der Waals surface area contributed by atoms with Gasteiger partial charge >= 0.3 is 5.97 Å². The van der Waals surface area contributed by atoms with Gasteiger partial charge in [0.2, 0.25) is 0 Å². The van der Waals surface area contributed by atoms with Gasteiger partial charge in [0.1, 0.15) is 23.1 Å². The molecule has 1 aliphatic rings. The molecule has 3 N–H and O–H groups in total. The van der Waals surface area contributed by atoms with E-state index in [1.54, 1.807) is 33.3 Å². The van der Waals surface area contributed by atoms with Crippen molar-refractivity contribution in [3.8, 4) is 22.6 Å². The lowest BCUT2D eigenvalue weighted by molar-refractivity contribution is -0.147. The van der Waals surface area contributed by atoms with Crippen molar-refractivity contribution in [2.24, 2.45) is 0 Å². The number of carbonyl (C=O) groups excluding carboxylic acids is 1. The fraction of sp³-hybridized carbons (Fsp3) is 0.417. The zero-order valence-corrected chi connectivity index (χ0v) is 18.5. The van der Waals surface area contributed by atoms with Crippen LogP contribution < -0.4 is 14.8 Å². The van der Waals surface area contributed by atoms with E-state index in [-0.39, 0.29) is 13.0 Å². The highest BCUT2D eigenvalue weighted by atomic mass is 16.5. The molecule has 32 heavy (non-hydrogen) atoms. The number of carbonyl (C=O) groups is 2. The summed E-state index contributed by atoms with van der Waals surface area (Å²) >= 11 is 0. The Labute approximate surface area is 187 Å². The van der Waals surface area contributed by atoms with Gasteiger partial charge < -0.3 is 29.7 Å². The van der Waals surface area contributed by atoms with Crippen molar-refractivity contribution in [2.75, 3.05) is 20.8 Å². The van der Waals surface area contributed by atoms with Gasteiger partial charge in [0.05, 0.1) is 26.4 Å². The maximum absolute atomic E-state index is 12.6. The molecule has 0 unspecified atom stereocenters. The molecule has 2 aromatic rings. The average Bonchev–Trinajstić information content (AvgIpc) is 3.25.